The lowest BCUT2D eigenvalue weighted by Crippen LogP contribution is -2.32. The Hall–Kier alpha value is -2.56. The van der Waals surface area contributed by atoms with E-state index in [1.165, 1.54) is 0 Å². The van der Waals surface area contributed by atoms with Crippen LogP contribution in [0.5, 0.6) is 0 Å². The van der Waals surface area contributed by atoms with Crippen LogP contribution in [0.1, 0.15) is 12.5 Å². The van der Waals surface area contributed by atoms with E-state index in [1.807, 2.05) is 44.1 Å². The first-order chi connectivity index (χ1) is 10.5. The number of benzene rings is 1. The molecule has 0 radical (unpaired) electrons. The van der Waals surface area contributed by atoms with Crippen molar-refractivity contribution in [1.29, 1.82) is 0 Å². The van der Waals surface area contributed by atoms with E-state index in [9.17, 15) is 0 Å². The van der Waals surface area contributed by atoms with Gasteiger partial charge < -0.3 is 16.0 Å². The van der Waals surface area contributed by atoms with E-state index in [2.05, 4.69) is 34.0 Å². The molecule has 116 valence electrons. The van der Waals surface area contributed by atoms with Crippen LogP contribution in [0.3, 0.4) is 0 Å². The van der Waals surface area contributed by atoms with E-state index in [0.29, 0.717) is 19.0 Å². The zero-order valence-electron chi connectivity index (χ0n) is 13.4. The van der Waals surface area contributed by atoms with Crippen LogP contribution < -0.4 is 16.0 Å². The van der Waals surface area contributed by atoms with Gasteiger partial charge in [0.2, 0.25) is 0 Å². The Balaban J connectivity index is 2.29. The van der Waals surface area contributed by atoms with E-state index in [-0.39, 0.29) is 0 Å². The number of guanidine groups is 1. The van der Waals surface area contributed by atoms with Gasteiger partial charge in [-0.1, -0.05) is 30.4 Å². The fourth-order valence-electron chi connectivity index (χ4n) is 2.06. The number of hydrogen-bond acceptors (Lipinski definition) is 3. The van der Waals surface area contributed by atoms with Gasteiger partial charge in [-0.2, -0.15) is 0 Å². The number of pyridine rings is 1. The molecule has 1 aromatic heterocycles. The number of para-hydroxylation sites is 1. The summed E-state index contributed by atoms with van der Waals surface area (Å²) in [7, 11) is 3.96. The van der Waals surface area contributed by atoms with Gasteiger partial charge in [-0.3, -0.25) is 0 Å². The largest absolute Gasteiger partial charge is 0.370 e. The van der Waals surface area contributed by atoms with Crippen molar-refractivity contribution < 1.29 is 0 Å². The van der Waals surface area contributed by atoms with Crippen LogP contribution in [0.2, 0.25) is 0 Å². The number of anilines is 1. The second-order valence-corrected chi connectivity index (χ2v) is 5.56. The van der Waals surface area contributed by atoms with Crippen molar-refractivity contribution in [2.75, 3.05) is 25.5 Å². The van der Waals surface area contributed by atoms with Crippen LogP contribution in [0.15, 0.2) is 47.5 Å². The highest BCUT2D eigenvalue weighted by Gasteiger charge is 2.06. The highest BCUT2D eigenvalue weighted by Crippen LogP contribution is 2.22. The van der Waals surface area contributed by atoms with Gasteiger partial charge in [0.1, 0.15) is 5.82 Å². The Morgan fingerprint density at radius 3 is 2.77 bits per heavy atom. The fourth-order valence-corrected chi connectivity index (χ4v) is 2.06. The summed E-state index contributed by atoms with van der Waals surface area (Å²) in [6, 6.07) is 10.1. The molecule has 1 aromatic carbocycles. The van der Waals surface area contributed by atoms with Gasteiger partial charge in [-0.15, -0.1) is 0 Å². The average molecular weight is 297 g/mol. The first-order valence-electron chi connectivity index (χ1n) is 7.21. The lowest BCUT2D eigenvalue weighted by Gasteiger charge is -2.14. The molecule has 3 N–H and O–H groups in total. The van der Waals surface area contributed by atoms with Crippen molar-refractivity contribution in [2.45, 2.75) is 13.5 Å². The lowest BCUT2D eigenvalue weighted by molar-refractivity contribution is 0.941. The highest BCUT2D eigenvalue weighted by atomic mass is 15.1. The molecule has 0 unspecified atom stereocenters. The molecule has 1 heterocycles. The summed E-state index contributed by atoms with van der Waals surface area (Å²) in [5.74, 6) is 1.34. The van der Waals surface area contributed by atoms with E-state index >= 15 is 0 Å². The summed E-state index contributed by atoms with van der Waals surface area (Å²) < 4.78 is 0. The van der Waals surface area contributed by atoms with Crippen molar-refractivity contribution in [1.82, 2.24) is 10.3 Å². The van der Waals surface area contributed by atoms with Gasteiger partial charge in [0.15, 0.2) is 5.96 Å². The number of aliphatic imine (C=N–C) groups is 1. The predicted octanol–water partition coefficient (Wildman–Crippen LogP) is 2.28. The molecule has 0 saturated carbocycles. The molecule has 0 amide bonds. The first kappa shape index (κ1) is 15.8. The molecule has 0 spiro atoms. The molecular formula is C17H23N5. The van der Waals surface area contributed by atoms with Crippen LogP contribution in [0.25, 0.3) is 10.9 Å². The van der Waals surface area contributed by atoms with Crippen molar-refractivity contribution in [3.05, 3.63) is 48.0 Å². The zero-order chi connectivity index (χ0) is 16.1. The number of aromatic nitrogens is 1. The number of nitrogens with one attached hydrogen (secondary N) is 1. The lowest BCUT2D eigenvalue weighted by atomic mass is 10.1. The van der Waals surface area contributed by atoms with Crippen molar-refractivity contribution in [3.8, 4) is 0 Å². The number of rotatable bonds is 5. The molecule has 22 heavy (non-hydrogen) atoms. The minimum Gasteiger partial charge on any atom is -0.370 e. The van der Waals surface area contributed by atoms with Gasteiger partial charge in [0.25, 0.3) is 0 Å². The molecule has 0 aliphatic rings. The van der Waals surface area contributed by atoms with Gasteiger partial charge >= 0.3 is 0 Å². The average Bonchev–Trinajstić information content (AvgIpc) is 2.50. The molecule has 0 aliphatic heterocycles. The first-order valence-corrected chi connectivity index (χ1v) is 7.21. The normalized spacial score (nSPS) is 11.5. The van der Waals surface area contributed by atoms with Gasteiger partial charge in [0.05, 0.1) is 12.1 Å². The van der Waals surface area contributed by atoms with E-state index in [4.69, 9.17) is 5.73 Å². The number of fused-ring (bicyclic) bond motifs is 1. The summed E-state index contributed by atoms with van der Waals surface area (Å²) in [6.07, 6.45) is 0. The fraction of sp³-hybridized carbons (Fsp3) is 0.294. The molecule has 0 bridgehead atoms. The van der Waals surface area contributed by atoms with E-state index < -0.39 is 0 Å². The zero-order valence-corrected chi connectivity index (χ0v) is 13.4. The Labute approximate surface area is 131 Å². The molecule has 0 fully saturated rings. The van der Waals surface area contributed by atoms with Crippen LogP contribution in [-0.2, 0) is 6.54 Å². The third kappa shape index (κ3) is 3.97. The molecule has 0 aliphatic carbocycles. The maximum absolute atomic E-state index is 5.88. The van der Waals surface area contributed by atoms with Gasteiger partial charge in [-0.25, -0.2) is 9.98 Å². The van der Waals surface area contributed by atoms with Gasteiger partial charge in [0, 0.05) is 26.0 Å². The third-order valence-corrected chi connectivity index (χ3v) is 3.24. The smallest absolute Gasteiger partial charge is 0.189 e. The Morgan fingerprint density at radius 2 is 2.09 bits per heavy atom. The summed E-state index contributed by atoms with van der Waals surface area (Å²) in [6.45, 7) is 6.92. The minimum atomic E-state index is 0.426. The Kier molecular flexibility index (Phi) is 4.99. The molecule has 2 aromatic rings. The summed E-state index contributed by atoms with van der Waals surface area (Å²) in [5, 5.41) is 4.14. The summed E-state index contributed by atoms with van der Waals surface area (Å²) >= 11 is 0. The molecule has 2 rings (SSSR count). The van der Waals surface area contributed by atoms with Crippen LogP contribution in [0, 0.1) is 0 Å². The van der Waals surface area contributed by atoms with E-state index in [1.54, 1.807) is 0 Å². The number of nitrogens with two attached hydrogens (primary N) is 1. The summed E-state index contributed by atoms with van der Waals surface area (Å²) in [4.78, 5) is 11.0. The maximum atomic E-state index is 5.88. The second-order valence-electron chi connectivity index (χ2n) is 5.56. The van der Waals surface area contributed by atoms with Crippen LogP contribution in [0.4, 0.5) is 5.82 Å². The predicted molar refractivity (Wildman–Crippen MR) is 94.2 cm³/mol. The molecule has 0 atom stereocenters. The molecule has 5 nitrogen and oxygen atoms in total. The van der Waals surface area contributed by atoms with Crippen LogP contribution >= 0.6 is 0 Å². The van der Waals surface area contributed by atoms with Crippen molar-refractivity contribution in [2.24, 2.45) is 10.7 Å². The third-order valence-electron chi connectivity index (χ3n) is 3.24. The SMILES string of the molecule is C=C(C)CNC(N)=NCc1cc(N(C)C)nc2ccccc12. The minimum absolute atomic E-state index is 0.426. The Morgan fingerprint density at radius 1 is 1.36 bits per heavy atom. The van der Waals surface area contributed by atoms with Crippen molar-refractivity contribution >= 4 is 22.7 Å². The maximum Gasteiger partial charge on any atom is 0.189 e. The molecule has 5 heteroatoms. The molecule has 0 saturated heterocycles. The standard InChI is InChI=1S/C17H23N5/c1-12(2)10-19-17(18)20-11-13-9-16(22(3)4)21-15-8-6-5-7-14(13)15/h5-9H,1,10-11H2,2-4H3,(H3,18,19,20). The second kappa shape index (κ2) is 6.93. The molecular weight excluding hydrogens is 274 g/mol. The number of nitrogens with zero attached hydrogens (tertiary/aromatic N) is 3. The highest BCUT2D eigenvalue weighted by molar-refractivity contribution is 5.84. The monoisotopic (exact) mass is 297 g/mol. The topological polar surface area (TPSA) is 66.5 Å². The van der Waals surface area contributed by atoms with Crippen LogP contribution in [-0.4, -0.2) is 31.6 Å². The Bertz CT molecular complexity index is 703. The van der Waals surface area contributed by atoms with E-state index in [0.717, 1.165) is 27.9 Å². The number of hydrogen-bond donors (Lipinski definition) is 2. The quantitative estimate of drug-likeness (QED) is 0.505. The van der Waals surface area contributed by atoms with Crippen molar-refractivity contribution in [3.63, 3.8) is 0 Å². The summed E-state index contributed by atoms with van der Waals surface area (Å²) in [5.41, 5.74) is 8.97. The van der Waals surface area contributed by atoms with Gasteiger partial charge in [-0.05, 0) is 24.6 Å².